The number of halogens is 2. The summed E-state index contributed by atoms with van der Waals surface area (Å²) in [5.41, 5.74) is 2.60. The van der Waals surface area contributed by atoms with Gasteiger partial charge in [-0.05, 0) is 41.8 Å². The standard InChI is InChI=1S/C21H23F2NO4/c1-3-27-19-12-15(8-10-18(19)28-21(22)23)9-11-20(25)24-13-16-6-4-5-7-17(16)14-26-2/h4-12,21H,3,13-14H2,1-2H3,(H,24,25)/b11-9+. The first kappa shape index (κ1) is 21.4. The number of rotatable bonds is 10. The number of carbonyl (C=O) groups excluding carboxylic acids is 1. The SMILES string of the molecule is CCOc1cc(/C=C/C(=O)NCc2ccccc2COC)ccc1OC(F)F. The summed E-state index contributed by atoms with van der Waals surface area (Å²) in [5.74, 6) is -0.134. The molecule has 2 rings (SSSR count). The number of alkyl halides is 2. The van der Waals surface area contributed by atoms with E-state index in [1.165, 1.54) is 12.1 Å². The van der Waals surface area contributed by atoms with E-state index < -0.39 is 6.61 Å². The Hall–Kier alpha value is -2.93. The normalized spacial score (nSPS) is 11.0. The van der Waals surface area contributed by atoms with Gasteiger partial charge in [-0.15, -0.1) is 0 Å². The van der Waals surface area contributed by atoms with Crippen LogP contribution in [0.5, 0.6) is 11.5 Å². The number of amides is 1. The second kappa shape index (κ2) is 11.0. The minimum absolute atomic E-state index is 0.0480. The number of carbonyl (C=O) groups is 1. The number of methoxy groups -OCH3 is 1. The molecule has 0 spiro atoms. The van der Waals surface area contributed by atoms with Crippen molar-refractivity contribution in [1.29, 1.82) is 0 Å². The highest BCUT2D eigenvalue weighted by molar-refractivity contribution is 5.91. The van der Waals surface area contributed by atoms with Gasteiger partial charge in [-0.3, -0.25) is 4.79 Å². The van der Waals surface area contributed by atoms with Crippen molar-refractivity contribution in [1.82, 2.24) is 5.32 Å². The van der Waals surface area contributed by atoms with Crippen LogP contribution in [-0.4, -0.2) is 26.2 Å². The van der Waals surface area contributed by atoms with Gasteiger partial charge < -0.3 is 19.5 Å². The van der Waals surface area contributed by atoms with E-state index in [2.05, 4.69) is 10.1 Å². The molecule has 0 saturated carbocycles. The predicted octanol–water partition coefficient (Wildman–Crippen LogP) is 4.16. The molecule has 150 valence electrons. The van der Waals surface area contributed by atoms with Gasteiger partial charge in [-0.25, -0.2) is 0 Å². The summed E-state index contributed by atoms with van der Waals surface area (Å²) in [6.45, 7) is -0.0618. The van der Waals surface area contributed by atoms with Crippen LogP contribution in [-0.2, 0) is 22.7 Å². The summed E-state index contributed by atoms with van der Waals surface area (Å²) < 4.78 is 39.8. The Bertz CT molecular complexity index is 809. The summed E-state index contributed by atoms with van der Waals surface area (Å²) in [5, 5.41) is 2.81. The molecule has 0 fully saturated rings. The Morgan fingerprint density at radius 1 is 1.14 bits per heavy atom. The van der Waals surface area contributed by atoms with Crippen LogP contribution in [0.2, 0.25) is 0 Å². The van der Waals surface area contributed by atoms with E-state index in [-0.39, 0.29) is 17.4 Å². The lowest BCUT2D eigenvalue weighted by Crippen LogP contribution is -2.21. The second-order valence-corrected chi connectivity index (χ2v) is 5.77. The molecule has 0 aliphatic heterocycles. The Labute approximate surface area is 162 Å². The van der Waals surface area contributed by atoms with Crippen molar-refractivity contribution in [2.75, 3.05) is 13.7 Å². The fraction of sp³-hybridized carbons (Fsp3) is 0.286. The van der Waals surface area contributed by atoms with Gasteiger partial charge in [0.25, 0.3) is 0 Å². The summed E-state index contributed by atoms with van der Waals surface area (Å²) in [7, 11) is 1.62. The highest BCUT2D eigenvalue weighted by Crippen LogP contribution is 2.30. The molecule has 0 saturated heterocycles. The van der Waals surface area contributed by atoms with Crippen molar-refractivity contribution in [3.05, 3.63) is 65.2 Å². The largest absolute Gasteiger partial charge is 0.490 e. The van der Waals surface area contributed by atoms with Crippen molar-refractivity contribution in [2.24, 2.45) is 0 Å². The zero-order valence-corrected chi connectivity index (χ0v) is 15.8. The van der Waals surface area contributed by atoms with Crippen molar-refractivity contribution in [3.63, 3.8) is 0 Å². The van der Waals surface area contributed by atoms with Gasteiger partial charge in [-0.2, -0.15) is 8.78 Å². The summed E-state index contributed by atoms with van der Waals surface area (Å²) >= 11 is 0. The fourth-order valence-corrected chi connectivity index (χ4v) is 2.53. The van der Waals surface area contributed by atoms with Gasteiger partial charge in [0, 0.05) is 19.7 Å². The van der Waals surface area contributed by atoms with Crippen LogP contribution < -0.4 is 14.8 Å². The molecule has 0 aromatic heterocycles. The molecular formula is C21H23F2NO4. The molecule has 0 unspecified atom stereocenters. The van der Waals surface area contributed by atoms with E-state index in [0.29, 0.717) is 25.3 Å². The third-order valence-corrected chi connectivity index (χ3v) is 3.78. The average Bonchev–Trinajstić information content (AvgIpc) is 2.67. The molecule has 2 aromatic carbocycles. The predicted molar refractivity (Wildman–Crippen MR) is 102 cm³/mol. The maximum Gasteiger partial charge on any atom is 0.387 e. The van der Waals surface area contributed by atoms with E-state index in [1.54, 1.807) is 32.2 Å². The number of ether oxygens (including phenoxy) is 3. The zero-order valence-electron chi connectivity index (χ0n) is 15.8. The molecule has 28 heavy (non-hydrogen) atoms. The number of hydrogen-bond donors (Lipinski definition) is 1. The molecule has 1 N–H and O–H groups in total. The first-order valence-corrected chi connectivity index (χ1v) is 8.76. The molecule has 5 nitrogen and oxygen atoms in total. The zero-order chi connectivity index (χ0) is 20.4. The molecule has 0 radical (unpaired) electrons. The molecule has 0 aliphatic carbocycles. The fourth-order valence-electron chi connectivity index (χ4n) is 2.53. The third-order valence-electron chi connectivity index (χ3n) is 3.78. The van der Waals surface area contributed by atoms with Gasteiger partial charge >= 0.3 is 6.61 Å². The molecule has 0 atom stereocenters. The molecule has 2 aromatic rings. The molecular weight excluding hydrogens is 368 g/mol. The van der Waals surface area contributed by atoms with E-state index in [0.717, 1.165) is 11.1 Å². The van der Waals surface area contributed by atoms with E-state index in [4.69, 9.17) is 9.47 Å². The highest BCUT2D eigenvalue weighted by Gasteiger charge is 2.11. The van der Waals surface area contributed by atoms with Crippen molar-refractivity contribution in [2.45, 2.75) is 26.7 Å². The van der Waals surface area contributed by atoms with Crippen LogP contribution in [0.1, 0.15) is 23.6 Å². The third kappa shape index (κ3) is 6.66. The Kier molecular flexibility index (Phi) is 8.42. The second-order valence-electron chi connectivity index (χ2n) is 5.77. The van der Waals surface area contributed by atoms with E-state index in [9.17, 15) is 13.6 Å². The lowest BCUT2D eigenvalue weighted by molar-refractivity contribution is -0.116. The maximum atomic E-state index is 12.4. The van der Waals surface area contributed by atoms with Crippen LogP contribution in [0, 0.1) is 0 Å². The van der Waals surface area contributed by atoms with Crippen molar-refractivity contribution < 1.29 is 27.8 Å². The van der Waals surface area contributed by atoms with Crippen LogP contribution in [0.25, 0.3) is 6.08 Å². The van der Waals surface area contributed by atoms with Crippen LogP contribution in [0.3, 0.4) is 0 Å². The lowest BCUT2D eigenvalue weighted by Gasteiger charge is -2.11. The Balaban J connectivity index is 2.01. The highest BCUT2D eigenvalue weighted by atomic mass is 19.3. The van der Waals surface area contributed by atoms with Crippen molar-refractivity contribution >= 4 is 12.0 Å². The van der Waals surface area contributed by atoms with Crippen LogP contribution in [0.4, 0.5) is 8.78 Å². The lowest BCUT2D eigenvalue weighted by atomic mass is 10.1. The first-order valence-electron chi connectivity index (χ1n) is 8.76. The van der Waals surface area contributed by atoms with Gasteiger partial charge in [-0.1, -0.05) is 30.3 Å². The monoisotopic (exact) mass is 391 g/mol. The van der Waals surface area contributed by atoms with Gasteiger partial charge in [0.1, 0.15) is 0 Å². The average molecular weight is 391 g/mol. The van der Waals surface area contributed by atoms with Crippen LogP contribution in [0.15, 0.2) is 48.5 Å². The number of nitrogens with one attached hydrogen (secondary N) is 1. The summed E-state index contributed by atoms with van der Waals surface area (Å²) in [6.07, 6.45) is 2.95. The Morgan fingerprint density at radius 3 is 2.57 bits per heavy atom. The minimum Gasteiger partial charge on any atom is -0.490 e. The molecule has 0 bridgehead atoms. The molecule has 0 heterocycles. The van der Waals surface area contributed by atoms with Crippen molar-refractivity contribution in [3.8, 4) is 11.5 Å². The molecule has 0 aliphatic rings. The van der Waals surface area contributed by atoms with E-state index >= 15 is 0 Å². The maximum absolute atomic E-state index is 12.4. The van der Waals surface area contributed by atoms with Crippen LogP contribution >= 0.6 is 0 Å². The number of benzene rings is 2. The smallest absolute Gasteiger partial charge is 0.387 e. The van der Waals surface area contributed by atoms with Gasteiger partial charge in [0.05, 0.1) is 13.2 Å². The molecule has 1 amide bonds. The van der Waals surface area contributed by atoms with E-state index in [1.807, 2.05) is 24.3 Å². The quantitative estimate of drug-likeness (QED) is 0.618. The first-order chi connectivity index (χ1) is 13.5. The minimum atomic E-state index is -2.94. The van der Waals surface area contributed by atoms with Gasteiger partial charge in [0.15, 0.2) is 11.5 Å². The number of hydrogen-bond acceptors (Lipinski definition) is 4. The van der Waals surface area contributed by atoms with Gasteiger partial charge in [0.2, 0.25) is 5.91 Å². The summed E-state index contributed by atoms with van der Waals surface area (Å²) in [6, 6.07) is 12.2. The topological polar surface area (TPSA) is 56.8 Å². The molecule has 7 heteroatoms. The Morgan fingerprint density at radius 2 is 1.89 bits per heavy atom. The summed E-state index contributed by atoms with van der Waals surface area (Å²) in [4.78, 5) is 12.1.